The third-order valence-electron chi connectivity index (χ3n) is 7.40. The zero-order chi connectivity index (χ0) is 33.3. The summed E-state index contributed by atoms with van der Waals surface area (Å²) in [5, 5.41) is 12.7. The molecule has 3 rings (SSSR count). The molecule has 3 aromatic carbocycles. The van der Waals surface area contributed by atoms with E-state index >= 15 is 4.57 Å². The summed E-state index contributed by atoms with van der Waals surface area (Å²) in [6.45, 7) is 13.7. The average Bonchev–Trinajstić information content (AvgIpc) is 3.01. The second kappa shape index (κ2) is 16.8. The Bertz CT molecular complexity index is 1450. The Hall–Kier alpha value is -1.81. The van der Waals surface area contributed by atoms with Crippen LogP contribution in [0.2, 0.25) is 0 Å². The van der Waals surface area contributed by atoms with E-state index in [2.05, 4.69) is 0 Å². The summed E-state index contributed by atoms with van der Waals surface area (Å²) in [4.78, 5) is 0. The van der Waals surface area contributed by atoms with Crippen LogP contribution >= 0.6 is 22.1 Å². The van der Waals surface area contributed by atoms with Crippen molar-refractivity contribution in [2.24, 2.45) is 17.8 Å². The standard InChI is InChI=1S/C35H51O7P3/c1-8-40-44(38,31-20-14-10-15-21-31)34(25-28(4)5)42-45(39,32-22-16-11-17-23-32)35(26-29(6)7)41-43(37,33(36)24-27(2)3)30-18-12-9-13-19-30/h9-23,27-29,33-36H,8,24-26H2,1-7H3/t33-,34+,35-,43-,44+,45-/m0/s1. The van der Waals surface area contributed by atoms with Crippen LogP contribution in [-0.2, 0) is 27.3 Å². The molecule has 10 heteroatoms. The second-order valence-electron chi connectivity index (χ2n) is 12.7. The molecule has 0 bridgehead atoms. The molecule has 0 heterocycles. The van der Waals surface area contributed by atoms with Crippen LogP contribution in [0.15, 0.2) is 91.0 Å². The first kappa shape index (κ1) is 37.6. The van der Waals surface area contributed by atoms with Gasteiger partial charge in [-0.05, 0) is 80.3 Å². The minimum absolute atomic E-state index is 0.0180. The molecule has 0 aromatic heterocycles. The predicted octanol–water partition coefficient (Wildman–Crippen LogP) is 8.98. The normalized spacial score (nSPS) is 18.2. The van der Waals surface area contributed by atoms with E-state index in [0.717, 1.165) is 0 Å². The molecule has 3 aromatic rings. The molecule has 45 heavy (non-hydrogen) atoms. The predicted molar refractivity (Wildman–Crippen MR) is 187 cm³/mol. The Morgan fingerprint density at radius 1 is 0.533 bits per heavy atom. The minimum Gasteiger partial charge on any atom is -0.383 e. The molecule has 0 aliphatic carbocycles. The Labute approximate surface area is 270 Å². The fourth-order valence-electron chi connectivity index (χ4n) is 5.24. The van der Waals surface area contributed by atoms with Gasteiger partial charge in [-0.1, -0.05) is 96.1 Å². The summed E-state index contributed by atoms with van der Waals surface area (Å²) in [6.07, 6.45) is 0.736. The van der Waals surface area contributed by atoms with Crippen LogP contribution in [0.1, 0.15) is 67.7 Å². The van der Waals surface area contributed by atoms with E-state index in [9.17, 15) is 14.2 Å². The van der Waals surface area contributed by atoms with E-state index in [1.165, 1.54) is 0 Å². The van der Waals surface area contributed by atoms with E-state index in [1.807, 2.05) is 53.7 Å². The highest BCUT2D eigenvalue weighted by molar-refractivity contribution is 7.72. The number of aliphatic hydroxyl groups excluding tert-OH is 1. The summed E-state index contributed by atoms with van der Waals surface area (Å²) in [6, 6.07) is 26.3. The van der Waals surface area contributed by atoms with Crippen molar-refractivity contribution in [3.8, 4) is 0 Å². The Balaban J connectivity index is 2.27. The van der Waals surface area contributed by atoms with Gasteiger partial charge >= 0.3 is 0 Å². The fraction of sp³-hybridized carbons (Fsp3) is 0.486. The molecule has 248 valence electrons. The molecule has 0 unspecified atom stereocenters. The van der Waals surface area contributed by atoms with Crippen LogP contribution in [0.4, 0.5) is 0 Å². The van der Waals surface area contributed by atoms with Gasteiger partial charge < -0.3 is 18.7 Å². The van der Waals surface area contributed by atoms with Crippen molar-refractivity contribution in [1.82, 2.24) is 0 Å². The van der Waals surface area contributed by atoms with Crippen LogP contribution in [0.3, 0.4) is 0 Å². The van der Waals surface area contributed by atoms with Gasteiger partial charge in [0.15, 0.2) is 0 Å². The second-order valence-corrected chi connectivity index (χ2v) is 20.3. The topological polar surface area (TPSA) is 99.1 Å². The number of rotatable bonds is 18. The summed E-state index contributed by atoms with van der Waals surface area (Å²) in [5.74, 6) is -3.62. The number of benzene rings is 3. The van der Waals surface area contributed by atoms with Gasteiger partial charge in [-0.25, -0.2) is 0 Å². The van der Waals surface area contributed by atoms with E-state index in [1.54, 1.807) is 85.8 Å². The van der Waals surface area contributed by atoms with Crippen molar-refractivity contribution in [2.75, 3.05) is 6.61 Å². The maximum absolute atomic E-state index is 15.8. The smallest absolute Gasteiger partial charge is 0.261 e. The van der Waals surface area contributed by atoms with Crippen LogP contribution in [0, 0.1) is 17.8 Å². The lowest BCUT2D eigenvalue weighted by atomic mass is 10.1. The van der Waals surface area contributed by atoms with Gasteiger partial charge in [0.1, 0.15) is 17.5 Å². The van der Waals surface area contributed by atoms with Crippen LogP contribution in [-0.4, -0.2) is 29.2 Å². The quantitative estimate of drug-likeness (QED) is 0.134. The highest BCUT2D eigenvalue weighted by Crippen LogP contribution is 2.66. The Kier molecular flexibility index (Phi) is 14.1. The summed E-state index contributed by atoms with van der Waals surface area (Å²) in [7, 11) is -11.9. The van der Waals surface area contributed by atoms with E-state index in [4.69, 9.17) is 13.6 Å². The third kappa shape index (κ3) is 9.61. The zero-order valence-corrected chi connectivity index (χ0v) is 30.4. The lowest BCUT2D eigenvalue weighted by Crippen LogP contribution is -2.32. The molecular formula is C35H51O7P3. The van der Waals surface area contributed by atoms with Gasteiger partial charge in [0.05, 0.1) is 6.61 Å². The van der Waals surface area contributed by atoms with Gasteiger partial charge in [0.2, 0.25) is 0 Å². The molecule has 0 fully saturated rings. The van der Waals surface area contributed by atoms with Crippen LogP contribution in [0.25, 0.3) is 0 Å². The Morgan fingerprint density at radius 3 is 1.24 bits per heavy atom. The number of aliphatic hydroxyl groups is 1. The number of hydrogen-bond donors (Lipinski definition) is 1. The molecule has 0 saturated heterocycles. The largest absolute Gasteiger partial charge is 0.383 e. The maximum atomic E-state index is 15.8. The zero-order valence-electron chi connectivity index (χ0n) is 27.7. The summed E-state index contributed by atoms with van der Waals surface area (Å²) >= 11 is 0. The highest BCUT2D eigenvalue weighted by Gasteiger charge is 2.50. The highest BCUT2D eigenvalue weighted by atomic mass is 31.2. The SMILES string of the molecule is CCO[P@](=O)(c1ccccc1)[C@H](CC(C)C)O[P@@](=O)(c1ccccc1)[C@@H](CC(C)C)O[P@@](=O)(c1ccccc1)[C@H](O)CC(C)C. The number of hydrogen-bond acceptors (Lipinski definition) is 7. The van der Waals surface area contributed by atoms with E-state index in [-0.39, 0.29) is 37.2 Å². The van der Waals surface area contributed by atoms with Crippen molar-refractivity contribution < 1.29 is 32.4 Å². The average molecular weight is 677 g/mol. The molecule has 0 spiro atoms. The summed E-state index contributed by atoms with van der Waals surface area (Å²) < 4.78 is 65.1. The van der Waals surface area contributed by atoms with Gasteiger partial charge in [0, 0.05) is 15.9 Å². The van der Waals surface area contributed by atoms with Crippen molar-refractivity contribution in [3.63, 3.8) is 0 Å². The lowest BCUT2D eigenvalue weighted by Gasteiger charge is -2.37. The van der Waals surface area contributed by atoms with Crippen molar-refractivity contribution >= 4 is 38.0 Å². The monoisotopic (exact) mass is 676 g/mol. The first-order valence-corrected chi connectivity index (χ1v) is 21.0. The molecule has 0 amide bonds. The fourth-order valence-corrected chi connectivity index (χ4v) is 14.1. The maximum Gasteiger partial charge on any atom is 0.261 e. The lowest BCUT2D eigenvalue weighted by molar-refractivity contribution is 0.156. The molecule has 0 saturated carbocycles. The molecule has 0 radical (unpaired) electrons. The van der Waals surface area contributed by atoms with E-state index in [0.29, 0.717) is 22.3 Å². The van der Waals surface area contributed by atoms with Gasteiger partial charge in [0.25, 0.3) is 22.1 Å². The minimum atomic E-state index is -4.14. The van der Waals surface area contributed by atoms with Gasteiger partial charge in [-0.2, -0.15) is 0 Å². The van der Waals surface area contributed by atoms with Crippen molar-refractivity contribution in [2.45, 2.75) is 85.3 Å². The molecule has 1 N–H and O–H groups in total. The summed E-state index contributed by atoms with van der Waals surface area (Å²) in [5.41, 5.74) is 0. The van der Waals surface area contributed by atoms with Crippen molar-refractivity contribution in [1.29, 1.82) is 0 Å². The van der Waals surface area contributed by atoms with Crippen LogP contribution < -0.4 is 15.9 Å². The first-order chi connectivity index (χ1) is 21.3. The van der Waals surface area contributed by atoms with Crippen LogP contribution in [0.5, 0.6) is 0 Å². The molecule has 7 nitrogen and oxygen atoms in total. The molecular weight excluding hydrogens is 625 g/mol. The van der Waals surface area contributed by atoms with Gasteiger partial charge in [-0.15, -0.1) is 0 Å². The molecule has 0 aliphatic rings. The van der Waals surface area contributed by atoms with E-state index < -0.39 is 39.6 Å². The molecule has 0 aliphatic heterocycles. The molecule has 6 atom stereocenters. The Morgan fingerprint density at radius 2 is 0.867 bits per heavy atom. The van der Waals surface area contributed by atoms with Crippen molar-refractivity contribution in [3.05, 3.63) is 91.0 Å². The first-order valence-electron chi connectivity index (χ1n) is 15.9. The van der Waals surface area contributed by atoms with Gasteiger partial charge in [-0.3, -0.25) is 13.7 Å². The third-order valence-corrected chi connectivity index (χ3v) is 15.7.